The summed E-state index contributed by atoms with van der Waals surface area (Å²) in [6.07, 6.45) is -0.0597. The number of rotatable bonds is 7. The van der Waals surface area contributed by atoms with Crippen molar-refractivity contribution in [1.29, 1.82) is 0 Å². The van der Waals surface area contributed by atoms with Crippen molar-refractivity contribution in [3.05, 3.63) is 29.8 Å². The molecule has 1 N–H and O–H groups in total. The molecule has 0 aliphatic heterocycles. The van der Waals surface area contributed by atoms with E-state index in [1.54, 1.807) is 27.9 Å². The molecular formula is C17H25NO6S. The summed E-state index contributed by atoms with van der Waals surface area (Å²) in [7, 11) is -2.27. The highest BCUT2D eigenvalue weighted by Crippen LogP contribution is 2.43. The zero-order valence-corrected chi connectivity index (χ0v) is 15.8. The summed E-state index contributed by atoms with van der Waals surface area (Å²) in [5.41, 5.74) is 0.148. The summed E-state index contributed by atoms with van der Waals surface area (Å²) in [6.45, 7) is 5.32. The van der Waals surface area contributed by atoms with Crippen LogP contribution in [0.1, 0.15) is 39.2 Å². The van der Waals surface area contributed by atoms with Crippen molar-refractivity contribution in [2.24, 2.45) is 0 Å². The van der Waals surface area contributed by atoms with Crippen molar-refractivity contribution in [2.45, 2.75) is 50.6 Å². The van der Waals surface area contributed by atoms with Crippen LogP contribution >= 0.6 is 0 Å². The van der Waals surface area contributed by atoms with Crippen LogP contribution in [0.15, 0.2) is 24.3 Å². The molecule has 0 atom stereocenters. The van der Waals surface area contributed by atoms with E-state index in [1.165, 1.54) is 0 Å². The number of nitrogens with one attached hydrogen (secondary N) is 1. The third kappa shape index (κ3) is 5.34. The molecule has 1 aromatic carbocycles. The van der Waals surface area contributed by atoms with E-state index in [2.05, 4.69) is 0 Å². The van der Waals surface area contributed by atoms with E-state index < -0.39 is 26.5 Å². The Morgan fingerprint density at radius 2 is 1.80 bits per heavy atom. The minimum absolute atomic E-state index is 0.0250. The molecule has 140 valence electrons. The fourth-order valence-corrected chi connectivity index (χ4v) is 3.58. The summed E-state index contributed by atoms with van der Waals surface area (Å²) >= 11 is 0. The monoisotopic (exact) mass is 371 g/mol. The third-order valence-electron chi connectivity index (χ3n) is 3.79. The first-order chi connectivity index (χ1) is 11.6. The van der Waals surface area contributed by atoms with Crippen molar-refractivity contribution >= 4 is 16.1 Å². The van der Waals surface area contributed by atoms with E-state index in [4.69, 9.17) is 14.2 Å². The number of carbonyl (C=O) groups excluding carboxylic acids is 1. The Morgan fingerprint density at radius 1 is 1.20 bits per heavy atom. The van der Waals surface area contributed by atoms with Crippen molar-refractivity contribution in [2.75, 3.05) is 13.7 Å². The second kappa shape index (κ2) is 7.21. The lowest BCUT2D eigenvalue weighted by Gasteiger charge is -2.22. The molecule has 0 aromatic heterocycles. The van der Waals surface area contributed by atoms with Crippen LogP contribution < -0.4 is 9.46 Å². The SMILES string of the molecule is COc1ccc(COCC2(S(=O)(=O)NC(=O)OC(C)(C)C)CC2)cc1. The molecule has 1 aliphatic rings. The van der Waals surface area contributed by atoms with Crippen LogP contribution in [0, 0.1) is 0 Å². The van der Waals surface area contributed by atoms with Crippen LogP contribution in [0.2, 0.25) is 0 Å². The molecule has 0 saturated heterocycles. The quantitative estimate of drug-likeness (QED) is 0.792. The summed E-state index contributed by atoms with van der Waals surface area (Å²) in [5.74, 6) is 0.742. The fourth-order valence-electron chi connectivity index (χ4n) is 2.22. The smallest absolute Gasteiger partial charge is 0.421 e. The number of carbonyl (C=O) groups is 1. The highest BCUT2D eigenvalue weighted by Gasteiger charge is 2.56. The van der Waals surface area contributed by atoms with Crippen molar-refractivity contribution in [1.82, 2.24) is 4.72 Å². The van der Waals surface area contributed by atoms with Gasteiger partial charge < -0.3 is 14.2 Å². The standard InChI is InChI=1S/C17H25NO6S/c1-16(2,3)24-15(19)18-25(20,21)17(9-10-17)12-23-11-13-5-7-14(22-4)8-6-13/h5-8H,9-12H2,1-4H3,(H,18,19). The van der Waals surface area contributed by atoms with Crippen LogP contribution in [-0.2, 0) is 26.1 Å². The summed E-state index contributed by atoms with van der Waals surface area (Å²) < 4.78 is 41.5. The Labute approximate surface area is 148 Å². The zero-order chi connectivity index (χ0) is 18.7. The van der Waals surface area contributed by atoms with E-state index >= 15 is 0 Å². The second-order valence-corrected chi connectivity index (χ2v) is 9.21. The van der Waals surface area contributed by atoms with Gasteiger partial charge >= 0.3 is 6.09 Å². The minimum atomic E-state index is -3.85. The maximum Gasteiger partial charge on any atom is 0.421 e. The molecule has 1 aliphatic carbocycles. The summed E-state index contributed by atoms with van der Waals surface area (Å²) in [5, 5.41) is 0. The van der Waals surface area contributed by atoms with Gasteiger partial charge in [-0.25, -0.2) is 17.9 Å². The van der Waals surface area contributed by atoms with E-state index in [9.17, 15) is 13.2 Å². The average molecular weight is 371 g/mol. The van der Waals surface area contributed by atoms with Crippen LogP contribution in [0.3, 0.4) is 0 Å². The van der Waals surface area contributed by atoms with Gasteiger partial charge in [-0.1, -0.05) is 12.1 Å². The van der Waals surface area contributed by atoms with Gasteiger partial charge in [0.25, 0.3) is 0 Å². The van der Waals surface area contributed by atoms with Gasteiger partial charge in [0.1, 0.15) is 16.1 Å². The number of ether oxygens (including phenoxy) is 3. The summed E-state index contributed by atoms with van der Waals surface area (Å²) in [4.78, 5) is 11.7. The molecule has 2 rings (SSSR count). The molecule has 8 heteroatoms. The number of amides is 1. The molecule has 1 fully saturated rings. The normalized spacial score (nSPS) is 16.2. The molecule has 1 amide bonds. The number of hydrogen-bond acceptors (Lipinski definition) is 6. The molecule has 1 saturated carbocycles. The molecule has 0 spiro atoms. The van der Waals surface area contributed by atoms with Gasteiger partial charge in [0, 0.05) is 0 Å². The number of methoxy groups -OCH3 is 1. The van der Waals surface area contributed by atoms with Gasteiger partial charge in [0.2, 0.25) is 10.0 Å². The third-order valence-corrected chi connectivity index (χ3v) is 5.89. The molecule has 0 radical (unpaired) electrons. The van der Waals surface area contributed by atoms with Gasteiger partial charge in [-0.2, -0.15) is 0 Å². The maximum absolute atomic E-state index is 12.4. The molecule has 1 aromatic rings. The molecule has 0 unspecified atom stereocenters. The van der Waals surface area contributed by atoms with Crippen LogP contribution in [-0.4, -0.2) is 38.6 Å². The number of hydrogen-bond donors (Lipinski definition) is 1. The highest BCUT2D eigenvalue weighted by atomic mass is 32.2. The fraction of sp³-hybridized carbons (Fsp3) is 0.588. The predicted octanol–water partition coefficient (Wildman–Crippen LogP) is 2.60. The topological polar surface area (TPSA) is 90.9 Å². The Morgan fingerprint density at radius 3 is 2.28 bits per heavy atom. The Bertz CT molecular complexity index is 702. The van der Waals surface area contributed by atoms with E-state index in [-0.39, 0.29) is 13.2 Å². The highest BCUT2D eigenvalue weighted by molar-refractivity contribution is 7.91. The molecular weight excluding hydrogens is 346 g/mol. The van der Waals surface area contributed by atoms with Gasteiger partial charge in [0.15, 0.2) is 0 Å². The Hall–Kier alpha value is -1.80. The molecule has 0 bridgehead atoms. The van der Waals surface area contributed by atoms with Gasteiger partial charge in [0.05, 0.1) is 20.3 Å². The molecule has 0 heterocycles. The van der Waals surface area contributed by atoms with Gasteiger partial charge in [-0.15, -0.1) is 0 Å². The maximum atomic E-state index is 12.4. The van der Waals surface area contributed by atoms with Crippen LogP contribution in [0.25, 0.3) is 0 Å². The minimum Gasteiger partial charge on any atom is -0.497 e. The van der Waals surface area contributed by atoms with E-state index in [0.717, 1.165) is 11.3 Å². The Balaban J connectivity index is 1.88. The molecule has 7 nitrogen and oxygen atoms in total. The number of sulfonamides is 1. The van der Waals surface area contributed by atoms with E-state index in [0.29, 0.717) is 12.8 Å². The lowest BCUT2D eigenvalue weighted by Crippen LogP contribution is -2.44. The first kappa shape index (κ1) is 19.5. The average Bonchev–Trinajstić information content (AvgIpc) is 3.27. The zero-order valence-electron chi connectivity index (χ0n) is 15.0. The van der Waals surface area contributed by atoms with Crippen molar-refractivity contribution in [3.63, 3.8) is 0 Å². The van der Waals surface area contributed by atoms with E-state index in [1.807, 2.05) is 29.0 Å². The Kier molecular flexibility index (Phi) is 5.63. The van der Waals surface area contributed by atoms with Gasteiger partial charge in [-0.3, -0.25) is 0 Å². The van der Waals surface area contributed by atoms with Crippen LogP contribution in [0.5, 0.6) is 5.75 Å². The van der Waals surface area contributed by atoms with Crippen LogP contribution in [0.4, 0.5) is 4.79 Å². The van der Waals surface area contributed by atoms with Gasteiger partial charge in [-0.05, 0) is 51.3 Å². The lowest BCUT2D eigenvalue weighted by molar-refractivity contribution is 0.0567. The first-order valence-corrected chi connectivity index (χ1v) is 9.51. The summed E-state index contributed by atoms with van der Waals surface area (Å²) in [6, 6.07) is 7.33. The largest absolute Gasteiger partial charge is 0.497 e. The second-order valence-electron chi connectivity index (χ2n) is 7.13. The molecule has 25 heavy (non-hydrogen) atoms. The van der Waals surface area contributed by atoms with Crippen molar-refractivity contribution in [3.8, 4) is 5.75 Å². The number of benzene rings is 1. The van der Waals surface area contributed by atoms with Crippen molar-refractivity contribution < 1.29 is 27.4 Å². The lowest BCUT2D eigenvalue weighted by atomic mass is 10.2. The first-order valence-electron chi connectivity index (χ1n) is 8.03. The predicted molar refractivity (Wildman–Crippen MR) is 92.9 cm³/mol.